The molecule has 2 aromatic carbocycles. The van der Waals surface area contributed by atoms with Gasteiger partial charge in [0.25, 0.3) is 0 Å². The molecule has 0 aliphatic carbocycles. The van der Waals surface area contributed by atoms with E-state index in [9.17, 15) is 0 Å². The molecule has 2 nitrogen and oxygen atoms in total. The Hall–Kier alpha value is -1.16. The van der Waals surface area contributed by atoms with Crippen LogP contribution in [-0.2, 0) is 6.54 Å². The van der Waals surface area contributed by atoms with Crippen LogP contribution in [0.5, 0.6) is 0 Å². The molecule has 0 saturated carbocycles. The maximum atomic E-state index is 6.21. The molecule has 1 saturated heterocycles. The molecule has 0 aromatic heterocycles. The van der Waals surface area contributed by atoms with Crippen LogP contribution in [0.1, 0.15) is 5.56 Å². The first-order valence-corrected chi connectivity index (χ1v) is 8.42. The highest BCUT2D eigenvalue weighted by Crippen LogP contribution is 2.34. The van der Waals surface area contributed by atoms with Gasteiger partial charge in [-0.3, -0.25) is 0 Å². The Labute approximate surface area is 138 Å². The fraction of sp³-hybridized carbons (Fsp3) is 0.188. The minimum atomic E-state index is 0.513. The van der Waals surface area contributed by atoms with Gasteiger partial charge in [-0.25, -0.2) is 4.99 Å². The predicted octanol–water partition coefficient (Wildman–Crippen LogP) is 5.23. The number of aliphatic imine (C=N–C) groups is 1. The van der Waals surface area contributed by atoms with Gasteiger partial charge in [0.15, 0.2) is 5.17 Å². The lowest BCUT2D eigenvalue weighted by molar-refractivity contribution is 0.457. The van der Waals surface area contributed by atoms with E-state index in [1.165, 1.54) is 5.56 Å². The zero-order chi connectivity index (χ0) is 14.7. The smallest absolute Gasteiger partial charge is 0.164 e. The van der Waals surface area contributed by atoms with E-state index in [0.29, 0.717) is 10.0 Å². The second kappa shape index (κ2) is 6.73. The minimum Gasteiger partial charge on any atom is -0.346 e. The van der Waals surface area contributed by atoms with Crippen molar-refractivity contribution in [2.75, 3.05) is 12.3 Å². The molecule has 1 aliphatic rings. The molecule has 0 bridgehead atoms. The highest BCUT2D eigenvalue weighted by molar-refractivity contribution is 8.14. The van der Waals surface area contributed by atoms with Gasteiger partial charge in [-0.15, -0.1) is 0 Å². The minimum absolute atomic E-state index is 0.513. The Morgan fingerprint density at radius 3 is 2.67 bits per heavy atom. The standard InChI is InChI=1S/C16H14Cl2N2S/c17-13-7-4-8-14(15(13)18)19-16-20(9-10-21-16)11-12-5-2-1-3-6-12/h1-8H,9-11H2. The largest absolute Gasteiger partial charge is 0.346 e. The van der Waals surface area contributed by atoms with Gasteiger partial charge in [-0.2, -0.15) is 0 Å². The Morgan fingerprint density at radius 2 is 1.86 bits per heavy atom. The molecule has 5 heteroatoms. The van der Waals surface area contributed by atoms with Crippen molar-refractivity contribution in [1.82, 2.24) is 4.90 Å². The van der Waals surface area contributed by atoms with Crippen LogP contribution >= 0.6 is 35.0 Å². The number of hydrogen-bond donors (Lipinski definition) is 0. The molecule has 21 heavy (non-hydrogen) atoms. The molecule has 0 amide bonds. The van der Waals surface area contributed by atoms with Crippen molar-refractivity contribution < 1.29 is 0 Å². The Bertz CT molecular complexity index is 659. The normalized spacial score (nSPS) is 16.7. The highest BCUT2D eigenvalue weighted by Gasteiger charge is 2.20. The summed E-state index contributed by atoms with van der Waals surface area (Å²) in [6, 6.07) is 15.9. The maximum absolute atomic E-state index is 6.21. The Balaban J connectivity index is 1.83. The molecule has 0 N–H and O–H groups in total. The first-order chi connectivity index (χ1) is 10.2. The number of halogens is 2. The summed E-state index contributed by atoms with van der Waals surface area (Å²) in [5.41, 5.74) is 2.01. The summed E-state index contributed by atoms with van der Waals surface area (Å²) < 4.78 is 0. The van der Waals surface area contributed by atoms with Crippen molar-refractivity contribution in [3.63, 3.8) is 0 Å². The third-order valence-corrected chi connectivity index (χ3v) is 5.03. The zero-order valence-electron chi connectivity index (χ0n) is 11.3. The summed E-state index contributed by atoms with van der Waals surface area (Å²) >= 11 is 14.0. The van der Waals surface area contributed by atoms with Gasteiger partial charge in [-0.1, -0.05) is 71.4 Å². The maximum Gasteiger partial charge on any atom is 0.164 e. The summed E-state index contributed by atoms with van der Waals surface area (Å²) in [6.45, 7) is 1.86. The monoisotopic (exact) mass is 336 g/mol. The lowest BCUT2D eigenvalue weighted by atomic mass is 10.2. The first-order valence-electron chi connectivity index (χ1n) is 6.68. The van der Waals surface area contributed by atoms with Gasteiger partial charge in [0.2, 0.25) is 0 Å². The molecule has 2 aromatic rings. The van der Waals surface area contributed by atoms with Gasteiger partial charge in [0.1, 0.15) is 0 Å². The lowest BCUT2D eigenvalue weighted by Gasteiger charge is -2.18. The Kier molecular flexibility index (Phi) is 4.73. The van der Waals surface area contributed by atoms with Crippen LogP contribution < -0.4 is 0 Å². The molecule has 0 atom stereocenters. The van der Waals surface area contributed by atoms with E-state index >= 15 is 0 Å². The van der Waals surface area contributed by atoms with Crippen molar-refractivity contribution in [2.45, 2.75) is 6.54 Å². The summed E-state index contributed by atoms with van der Waals surface area (Å²) in [6.07, 6.45) is 0. The van der Waals surface area contributed by atoms with Crippen LogP contribution in [-0.4, -0.2) is 22.4 Å². The van der Waals surface area contributed by atoms with E-state index in [2.05, 4.69) is 34.2 Å². The van der Waals surface area contributed by atoms with E-state index in [4.69, 9.17) is 23.2 Å². The molecule has 3 rings (SSSR count). The molecule has 108 valence electrons. The second-order valence-corrected chi connectivity index (χ2v) is 6.57. The van der Waals surface area contributed by atoms with Crippen LogP contribution in [0.3, 0.4) is 0 Å². The van der Waals surface area contributed by atoms with Crippen LogP contribution in [0.25, 0.3) is 0 Å². The summed E-state index contributed by atoms with van der Waals surface area (Å²) in [7, 11) is 0. The third-order valence-electron chi connectivity index (χ3n) is 3.23. The van der Waals surface area contributed by atoms with E-state index in [0.717, 1.165) is 29.7 Å². The van der Waals surface area contributed by atoms with Crippen LogP contribution in [0.2, 0.25) is 10.0 Å². The van der Waals surface area contributed by atoms with E-state index in [-0.39, 0.29) is 0 Å². The summed E-state index contributed by atoms with van der Waals surface area (Å²) in [5, 5.41) is 2.05. The first kappa shape index (κ1) is 14.8. The molecule has 0 spiro atoms. The fourth-order valence-corrected chi connectivity index (χ4v) is 3.50. The quantitative estimate of drug-likeness (QED) is 0.762. The number of hydrogen-bond acceptors (Lipinski definition) is 2. The summed E-state index contributed by atoms with van der Waals surface area (Å²) in [4.78, 5) is 6.96. The molecule has 0 radical (unpaired) electrons. The number of amidine groups is 1. The van der Waals surface area contributed by atoms with E-state index in [1.54, 1.807) is 17.8 Å². The van der Waals surface area contributed by atoms with Gasteiger partial charge in [0, 0.05) is 18.8 Å². The molecule has 1 aliphatic heterocycles. The van der Waals surface area contributed by atoms with Gasteiger partial charge >= 0.3 is 0 Å². The number of thioether (sulfide) groups is 1. The number of benzene rings is 2. The van der Waals surface area contributed by atoms with E-state index < -0.39 is 0 Å². The predicted molar refractivity (Wildman–Crippen MR) is 92.9 cm³/mol. The SMILES string of the molecule is Clc1cccc(N=C2SCCN2Cc2ccccc2)c1Cl. The van der Waals surface area contributed by atoms with Crippen molar-refractivity contribution >= 4 is 45.8 Å². The summed E-state index contributed by atoms with van der Waals surface area (Å²) in [5.74, 6) is 1.05. The van der Waals surface area contributed by atoms with Crippen LogP contribution in [0, 0.1) is 0 Å². The van der Waals surface area contributed by atoms with Crippen molar-refractivity contribution in [3.05, 3.63) is 64.1 Å². The second-order valence-electron chi connectivity index (χ2n) is 4.72. The van der Waals surface area contributed by atoms with Crippen molar-refractivity contribution in [3.8, 4) is 0 Å². The molecular weight excluding hydrogens is 323 g/mol. The van der Waals surface area contributed by atoms with Gasteiger partial charge in [0.05, 0.1) is 15.7 Å². The zero-order valence-corrected chi connectivity index (χ0v) is 13.6. The number of nitrogens with zero attached hydrogens (tertiary/aromatic N) is 2. The average molecular weight is 337 g/mol. The lowest BCUT2D eigenvalue weighted by Crippen LogP contribution is -2.23. The Morgan fingerprint density at radius 1 is 1.05 bits per heavy atom. The number of rotatable bonds is 3. The molecule has 0 unspecified atom stereocenters. The van der Waals surface area contributed by atoms with Crippen LogP contribution in [0.15, 0.2) is 53.5 Å². The van der Waals surface area contributed by atoms with Crippen molar-refractivity contribution in [1.29, 1.82) is 0 Å². The van der Waals surface area contributed by atoms with Gasteiger partial charge < -0.3 is 4.90 Å². The topological polar surface area (TPSA) is 15.6 Å². The van der Waals surface area contributed by atoms with Crippen LogP contribution in [0.4, 0.5) is 5.69 Å². The van der Waals surface area contributed by atoms with Crippen molar-refractivity contribution in [2.24, 2.45) is 4.99 Å². The third kappa shape index (κ3) is 3.54. The van der Waals surface area contributed by atoms with Gasteiger partial charge in [-0.05, 0) is 17.7 Å². The molecular formula is C16H14Cl2N2S. The van der Waals surface area contributed by atoms with E-state index in [1.807, 2.05) is 18.2 Å². The fourth-order valence-electron chi connectivity index (χ4n) is 2.17. The molecule has 1 heterocycles. The molecule has 1 fully saturated rings. The highest BCUT2D eigenvalue weighted by atomic mass is 35.5. The average Bonchev–Trinajstić information content (AvgIpc) is 2.92.